The lowest BCUT2D eigenvalue weighted by Crippen LogP contribution is -2.56. The monoisotopic (exact) mass is 751 g/mol. The highest BCUT2D eigenvalue weighted by Gasteiger charge is 2.42. The summed E-state index contributed by atoms with van der Waals surface area (Å²) in [6.07, 6.45) is 0. The molecule has 1 nitrogen and oxygen atoms in total. The van der Waals surface area contributed by atoms with Gasteiger partial charge in [0, 0.05) is 48.1 Å². The molecule has 9 rings (SSSR count). The van der Waals surface area contributed by atoms with Crippen LogP contribution in [0.3, 0.4) is 0 Å². The van der Waals surface area contributed by atoms with Crippen molar-refractivity contribution in [1.82, 2.24) is 0 Å². The van der Waals surface area contributed by atoms with Gasteiger partial charge in [0.2, 0.25) is 0 Å². The van der Waals surface area contributed by atoms with Crippen molar-refractivity contribution in [3.05, 3.63) is 102 Å². The second-order valence-electron chi connectivity index (χ2n) is 17.6. The van der Waals surface area contributed by atoms with Crippen LogP contribution in [0.1, 0.15) is 25.0 Å². The van der Waals surface area contributed by atoms with Gasteiger partial charge in [-0.05, 0) is 56.6 Å². The van der Waals surface area contributed by atoms with E-state index in [2.05, 4.69) is 196 Å². The summed E-state index contributed by atoms with van der Waals surface area (Å²) in [5.41, 5.74) is 31.1. The summed E-state index contributed by atoms with van der Waals surface area (Å²) in [7, 11) is 25.8. The van der Waals surface area contributed by atoms with Crippen molar-refractivity contribution in [2.24, 2.45) is 0 Å². The van der Waals surface area contributed by atoms with Crippen LogP contribution in [-0.4, -0.2) is 86.3 Å². The first-order valence-electron chi connectivity index (χ1n) is 20.9. The summed E-state index contributed by atoms with van der Waals surface area (Å²) in [5.74, 6) is 0. The van der Waals surface area contributed by atoms with Gasteiger partial charge >= 0.3 is 0 Å². The van der Waals surface area contributed by atoms with Crippen molar-refractivity contribution in [2.45, 2.75) is 19.3 Å². The zero-order valence-electron chi connectivity index (χ0n) is 36.6. The number of anilines is 2. The fourth-order valence-corrected chi connectivity index (χ4v) is 12.1. The maximum Gasteiger partial charge on any atom is 0.142 e. The summed E-state index contributed by atoms with van der Waals surface area (Å²) in [6, 6.07) is 33.4. The summed E-state index contributed by atoms with van der Waals surface area (Å²) in [6.45, 7) is 4.95. The van der Waals surface area contributed by atoms with Crippen LogP contribution in [0.15, 0.2) is 91.0 Å². The molecule has 8 aromatic rings. The zero-order chi connectivity index (χ0) is 41.1. The van der Waals surface area contributed by atoms with E-state index in [1.807, 2.05) is 11.3 Å². The smallest absolute Gasteiger partial charge is 0.142 e. The van der Waals surface area contributed by atoms with Crippen LogP contribution >= 0.6 is 11.3 Å². The highest BCUT2D eigenvalue weighted by atomic mass is 32.1. The number of hydrogen-bond acceptors (Lipinski definition) is 2. The molecule has 7 aromatic carbocycles. The third-order valence-corrected chi connectivity index (χ3v) is 15.7. The Morgan fingerprint density at radius 1 is 0.414 bits per heavy atom. The Morgan fingerprint density at radius 2 is 0.948 bits per heavy atom. The first kappa shape index (κ1) is 38.8. The van der Waals surface area contributed by atoms with E-state index in [4.69, 9.17) is 0 Å². The number of thiophene rings is 1. The van der Waals surface area contributed by atoms with E-state index in [1.54, 1.807) is 0 Å². The number of fused-ring (bicyclic) bond motifs is 6. The highest BCUT2D eigenvalue weighted by Crippen LogP contribution is 2.50. The minimum atomic E-state index is -0.196. The van der Waals surface area contributed by atoms with Crippen molar-refractivity contribution >= 4 is 189 Å². The topological polar surface area (TPSA) is 12.0 Å². The van der Waals surface area contributed by atoms with Crippen molar-refractivity contribution in [3.63, 3.8) is 0 Å². The van der Waals surface area contributed by atoms with Crippen LogP contribution in [0.4, 0.5) is 11.4 Å². The Balaban J connectivity index is 1.30. The molecule has 13 heteroatoms. The summed E-state index contributed by atoms with van der Waals surface area (Å²) in [5, 5.41) is 6.80. The Kier molecular flexibility index (Phi) is 9.32. The first-order chi connectivity index (χ1) is 27.7. The second kappa shape index (κ2) is 13.9. The van der Waals surface area contributed by atoms with Crippen LogP contribution in [0.5, 0.6) is 0 Å². The third kappa shape index (κ3) is 5.45. The molecular formula is C45H44B11NS. The highest BCUT2D eigenvalue weighted by molar-refractivity contribution is 7.26. The van der Waals surface area contributed by atoms with E-state index in [-0.39, 0.29) is 5.41 Å². The molecule has 0 bridgehead atoms. The van der Waals surface area contributed by atoms with E-state index in [9.17, 15) is 0 Å². The van der Waals surface area contributed by atoms with E-state index in [0.717, 1.165) is 5.69 Å². The van der Waals surface area contributed by atoms with Gasteiger partial charge in [-0.25, -0.2) is 0 Å². The minimum Gasteiger partial charge on any atom is -0.356 e. The Bertz CT molecular complexity index is 3050. The Hall–Kier alpha value is -4.73. The van der Waals surface area contributed by atoms with Gasteiger partial charge in [0.25, 0.3) is 0 Å². The second-order valence-corrected chi connectivity index (χ2v) is 18.7. The maximum absolute atomic E-state index is 4.15. The van der Waals surface area contributed by atoms with Gasteiger partial charge in [-0.3, -0.25) is 0 Å². The van der Waals surface area contributed by atoms with Crippen LogP contribution in [-0.2, 0) is 5.41 Å². The number of hydrogen-bond donors (Lipinski definition) is 1. The fraction of sp³-hybridized carbons (Fsp3) is 0.0667. The molecule has 0 aliphatic heterocycles. The largest absolute Gasteiger partial charge is 0.356 e. The molecule has 0 fully saturated rings. The molecule has 0 saturated heterocycles. The minimum absolute atomic E-state index is 0.196. The molecule has 1 heterocycles. The average molecular weight is 750 g/mol. The predicted molar refractivity (Wildman–Crippen MR) is 293 cm³/mol. The summed E-state index contributed by atoms with van der Waals surface area (Å²) >= 11 is 1.90. The van der Waals surface area contributed by atoms with Gasteiger partial charge in [0.15, 0.2) is 0 Å². The number of nitrogens with one attached hydrogen (secondary N) is 1. The molecule has 0 spiro atoms. The van der Waals surface area contributed by atoms with Gasteiger partial charge in [0.05, 0.1) is 0 Å². The SMILES string of the molecule is Bc1c(B)c(B)c(-c2c(B)c(B)c(B)c3c2-c2c(B)c(B)c(Nc4cccc(-c5cccc6c5sc5ccccc56)c4-c4ccccc4)c(B)c2C3(C)C)c(B)c1B. The predicted octanol–water partition coefficient (Wildman–Crippen LogP) is -6.05. The molecule has 0 atom stereocenters. The lowest BCUT2D eigenvalue weighted by atomic mass is 9.57. The molecule has 1 aromatic heterocycles. The first-order valence-corrected chi connectivity index (χ1v) is 21.7. The normalized spacial score (nSPS) is 12.9. The zero-order valence-corrected chi connectivity index (χ0v) is 37.4. The Labute approximate surface area is 358 Å². The molecular weight excluding hydrogens is 706 g/mol. The third-order valence-electron chi connectivity index (χ3n) is 14.5. The maximum atomic E-state index is 4.15. The lowest BCUT2D eigenvalue weighted by Gasteiger charge is -2.30. The molecule has 1 N–H and O–H groups in total. The fourth-order valence-electron chi connectivity index (χ4n) is 10.8. The molecule has 0 radical (unpaired) electrons. The number of rotatable bonds is 5. The Morgan fingerprint density at radius 3 is 1.66 bits per heavy atom. The number of benzene rings is 7. The lowest BCUT2D eigenvalue weighted by molar-refractivity contribution is 0.669. The molecule has 0 unspecified atom stereocenters. The quantitative estimate of drug-likeness (QED) is 0.173. The van der Waals surface area contributed by atoms with E-state index < -0.39 is 0 Å². The standard InChI is InChI=1S/C45H44B11NS/c1-45(2)30-26(27(32(46)38(52)36(30)50)29-34(48)39(53)41(55)40(54)35(29)49)28-31(45)37(51)43(42(56)33(28)47)57-23-16-9-13-20(25(23)18-10-4-3-5-11-18)22-15-8-14-21-19-12-6-7-17-24(19)58-44(21)22/h3-17,57H,46-56H2,1-2H3. The molecule has 58 heavy (non-hydrogen) atoms. The summed E-state index contributed by atoms with van der Waals surface area (Å²) in [4.78, 5) is 0. The van der Waals surface area contributed by atoms with Crippen LogP contribution in [0.2, 0.25) is 0 Å². The van der Waals surface area contributed by atoms with Crippen molar-refractivity contribution < 1.29 is 0 Å². The van der Waals surface area contributed by atoms with Gasteiger partial charge in [0.1, 0.15) is 86.3 Å². The molecule has 0 amide bonds. The van der Waals surface area contributed by atoms with Crippen LogP contribution < -0.4 is 65.4 Å². The van der Waals surface area contributed by atoms with Gasteiger partial charge < -0.3 is 5.32 Å². The van der Waals surface area contributed by atoms with E-state index >= 15 is 0 Å². The van der Waals surface area contributed by atoms with Crippen LogP contribution in [0.25, 0.3) is 64.7 Å². The van der Waals surface area contributed by atoms with E-state index in [0.29, 0.717) is 0 Å². The van der Waals surface area contributed by atoms with Gasteiger partial charge in [-0.15, -0.1) is 33.2 Å². The average Bonchev–Trinajstić information content (AvgIpc) is 3.72. The summed E-state index contributed by atoms with van der Waals surface area (Å²) < 4.78 is 2.66. The van der Waals surface area contributed by atoms with Crippen molar-refractivity contribution in [3.8, 4) is 44.5 Å². The van der Waals surface area contributed by atoms with Crippen molar-refractivity contribution in [2.75, 3.05) is 5.32 Å². The van der Waals surface area contributed by atoms with Gasteiger partial charge in [-0.1, -0.05) is 131 Å². The molecule has 268 valence electrons. The van der Waals surface area contributed by atoms with E-state index in [1.165, 1.54) is 142 Å². The molecule has 1 aliphatic carbocycles. The molecule has 0 saturated carbocycles. The van der Waals surface area contributed by atoms with Gasteiger partial charge in [-0.2, -0.15) is 0 Å². The van der Waals surface area contributed by atoms with Crippen LogP contribution in [0, 0.1) is 0 Å². The molecule has 1 aliphatic rings. The van der Waals surface area contributed by atoms with Crippen molar-refractivity contribution in [1.29, 1.82) is 0 Å².